The number of rotatable bonds is 5. The van der Waals surface area contributed by atoms with Crippen molar-refractivity contribution in [2.45, 2.75) is 30.7 Å². The minimum atomic E-state index is -1.55. The summed E-state index contributed by atoms with van der Waals surface area (Å²) in [4.78, 5) is 0. The van der Waals surface area contributed by atoms with Crippen LogP contribution in [0.1, 0.15) is 11.1 Å². The van der Waals surface area contributed by atoms with E-state index in [-0.39, 0.29) is 5.82 Å². The number of benzene rings is 3. The third kappa shape index (κ3) is 4.32. The molecule has 31 heavy (non-hydrogen) atoms. The van der Waals surface area contributed by atoms with Gasteiger partial charge in [-0.2, -0.15) is 0 Å². The van der Waals surface area contributed by atoms with Crippen molar-refractivity contribution in [2.75, 3.05) is 6.61 Å². The average molecular weight is 426 g/mol. The van der Waals surface area contributed by atoms with Crippen molar-refractivity contribution < 1.29 is 34.3 Å². The van der Waals surface area contributed by atoms with E-state index in [1.807, 2.05) is 30.3 Å². The maximum atomic E-state index is 14.0. The normalized spacial score (nSPS) is 26.4. The molecule has 6 nitrogen and oxygen atoms in total. The van der Waals surface area contributed by atoms with Crippen molar-refractivity contribution in [2.24, 2.45) is 0 Å². The van der Waals surface area contributed by atoms with Gasteiger partial charge in [-0.3, -0.25) is 0 Å². The minimum absolute atomic E-state index is 0.356. The first kappa shape index (κ1) is 21.4. The van der Waals surface area contributed by atoms with Crippen LogP contribution in [0.4, 0.5) is 4.39 Å². The summed E-state index contributed by atoms with van der Waals surface area (Å²) in [5.41, 5.74) is 0.994. The summed E-state index contributed by atoms with van der Waals surface area (Å²) in [6.45, 7) is -0.555. The van der Waals surface area contributed by atoms with Crippen LogP contribution in [-0.4, -0.2) is 57.7 Å². The number of fused-ring (bicyclic) bond motifs is 1. The molecule has 0 aromatic heterocycles. The summed E-state index contributed by atoms with van der Waals surface area (Å²) in [7, 11) is 0. The second kappa shape index (κ2) is 9.13. The lowest BCUT2D eigenvalue weighted by molar-refractivity contribution is -0.277. The Labute approximate surface area is 178 Å². The fourth-order valence-corrected chi connectivity index (χ4v) is 3.59. The summed E-state index contributed by atoms with van der Waals surface area (Å²) in [5.74, 6) is -0.00837. The molecule has 0 saturated carbocycles. The Balaban J connectivity index is 1.73. The predicted octanol–water partition coefficient (Wildman–Crippen LogP) is 2.33. The summed E-state index contributed by atoms with van der Waals surface area (Å²) in [6.07, 6.45) is -3.70. The van der Waals surface area contributed by atoms with E-state index in [0.717, 1.165) is 10.8 Å². The molecule has 0 spiro atoms. The molecule has 0 aliphatic carbocycles. The molecule has 0 unspecified atom stereocenters. The van der Waals surface area contributed by atoms with Gasteiger partial charge in [0.2, 0.25) is 6.29 Å². The molecule has 0 amide bonds. The van der Waals surface area contributed by atoms with E-state index in [1.165, 1.54) is 6.07 Å². The third-order valence-corrected chi connectivity index (χ3v) is 5.34. The Hall–Kier alpha value is -2.81. The largest absolute Gasteiger partial charge is 0.461 e. The molecule has 1 aliphatic rings. The van der Waals surface area contributed by atoms with Crippen LogP contribution in [0.25, 0.3) is 22.9 Å². The Kier molecular flexibility index (Phi) is 6.31. The highest BCUT2D eigenvalue weighted by molar-refractivity contribution is 5.93. The first-order valence-electron chi connectivity index (χ1n) is 9.91. The van der Waals surface area contributed by atoms with Gasteiger partial charge in [0.25, 0.3) is 0 Å². The summed E-state index contributed by atoms with van der Waals surface area (Å²) in [6, 6.07) is 17.4. The molecule has 0 radical (unpaired) electrons. The molecule has 4 rings (SSSR count). The van der Waals surface area contributed by atoms with E-state index in [0.29, 0.717) is 16.9 Å². The SMILES string of the molecule is OC[C@H]1O[C@@H](Oc2c(/C=C/c3ccccc3F)ccc3ccccc23)[C@H](O)[C@@H](O)[C@@H]1O. The van der Waals surface area contributed by atoms with Crippen LogP contribution in [0, 0.1) is 5.82 Å². The minimum Gasteiger partial charge on any atom is -0.461 e. The van der Waals surface area contributed by atoms with Crippen molar-refractivity contribution >= 4 is 22.9 Å². The topological polar surface area (TPSA) is 99.4 Å². The van der Waals surface area contributed by atoms with Gasteiger partial charge >= 0.3 is 0 Å². The molecule has 3 aromatic carbocycles. The Morgan fingerprint density at radius 2 is 1.55 bits per heavy atom. The molecule has 1 aliphatic heterocycles. The number of halogens is 1. The quantitative estimate of drug-likeness (QED) is 0.468. The molecule has 1 fully saturated rings. The lowest BCUT2D eigenvalue weighted by Crippen LogP contribution is -2.60. The molecule has 7 heteroatoms. The molecule has 0 bridgehead atoms. The predicted molar refractivity (Wildman–Crippen MR) is 114 cm³/mol. The standard InChI is InChI=1S/C24H23FO6/c25-18-8-4-2-6-15(18)10-12-16-11-9-14-5-1-3-7-17(14)23(16)31-24-22(29)21(28)20(27)19(13-26)30-24/h1-12,19-22,24,26-29H,13H2/b12-10+/t19-,20-,21+,22-,24+/m1/s1. The van der Waals surface area contributed by atoms with Gasteiger partial charge in [-0.25, -0.2) is 4.39 Å². The van der Waals surface area contributed by atoms with Crippen LogP contribution in [0.15, 0.2) is 60.7 Å². The van der Waals surface area contributed by atoms with Crippen LogP contribution in [0.5, 0.6) is 5.75 Å². The summed E-state index contributed by atoms with van der Waals surface area (Å²) >= 11 is 0. The number of ether oxygens (including phenoxy) is 2. The van der Waals surface area contributed by atoms with Crippen LogP contribution in [0.3, 0.4) is 0 Å². The fraction of sp³-hybridized carbons (Fsp3) is 0.250. The highest BCUT2D eigenvalue weighted by atomic mass is 19.1. The maximum absolute atomic E-state index is 14.0. The van der Waals surface area contributed by atoms with E-state index in [1.54, 1.807) is 36.4 Å². The monoisotopic (exact) mass is 426 g/mol. The highest BCUT2D eigenvalue weighted by Crippen LogP contribution is 2.34. The Morgan fingerprint density at radius 1 is 0.839 bits per heavy atom. The van der Waals surface area contributed by atoms with Crippen molar-refractivity contribution in [3.8, 4) is 5.75 Å². The zero-order chi connectivity index (χ0) is 22.0. The van der Waals surface area contributed by atoms with Gasteiger partial charge in [0.05, 0.1) is 6.61 Å². The molecule has 5 atom stereocenters. The molecule has 3 aromatic rings. The van der Waals surface area contributed by atoms with Crippen LogP contribution < -0.4 is 4.74 Å². The van der Waals surface area contributed by atoms with E-state index >= 15 is 0 Å². The van der Waals surface area contributed by atoms with Crippen molar-refractivity contribution in [1.29, 1.82) is 0 Å². The zero-order valence-electron chi connectivity index (χ0n) is 16.5. The zero-order valence-corrected chi connectivity index (χ0v) is 16.5. The Morgan fingerprint density at radius 3 is 2.32 bits per heavy atom. The van der Waals surface area contributed by atoms with Crippen LogP contribution >= 0.6 is 0 Å². The molecule has 1 heterocycles. The number of hydrogen-bond acceptors (Lipinski definition) is 6. The van der Waals surface area contributed by atoms with E-state index < -0.39 is 37.3 Å². The molecule has 1 saturated heterocycles. The van der Waals surface area contributed by atoms with Gasteiger partial charge in [-0.05, 0) is 11.5 Å². The average Bonchev–Trinajstić information content (AvgIpc) is 2.79. The Bertz CT molecular complexity index is 1080. The van der Waals surface area contributed by atoms with Gasteiger partial charge in [-0.15, -0.1) is 0 Å². The van der Waals surface area contributed by atoms with E-state index in [4.69, 9.17) is 9.47 Å². The number of hydrogen-bond donors (Lipinski definition) is 4. The second-order valence-electron chi connectivity index (χ2n) is 7.38. The van der Waals surface area contributed by atoms with Crippen LogP contribution in [0.2, 0.25) is 0 Å². The highest BCUT2D eigenvalue weighted by Gasteiger charge is 2.45. The van der Waals surface area contributed by atoms with E-state index in [9.17, 15) is 24.8 Å². The third-order valence-electron chi connectivity index (χ3n) is 5.34. The number of aliphatic hydroxyl groups is 4. The molecular weight excluding hydrogens is 403 g/mol. The van der Waals surface area contributed by atoms with Crippen molar-refractivity contribution in [3.63, 3.8) is 0 Å². The first-order chi connectivity index (χ1) is 15.0. The number of aliphatic hydroxyl groups excluding tert-OH is 4. The van der Waals surface area contributed by atoms with Gasteiger partial charge in [-0.1, -0.05) is 66.7 Å². The fourth-order valence-electron chi connectivity index (χ4n) is 3.59. The van der Waals surface area contributed by atoms with E-state index in [2.05, 4.69) is 0 Å². The summed E-state index contributed by atoms with van der Waals surface area (Å²) in [5, 5.41) is 41.5. The lowest BCUT2D eigenvalue weighted by Gasteiger charge is -2.39. The van der Waals surface area contributed by atoms with Gasteiger partial charge in [0.15, 0.2) is 0 Å². The van der Waals surface area contributed by atoms with Crippen molar-refractivity contribution in [1.82, 2.24) is 0 Å². The molecule has 4 N–H and O–H groups in total. The van der Waals surface area contributed by atoms with Gasteiger partial charge < -0.3 is 29.9 Å². The van der Waals surface area contributed by atoms with Gasteiger partial charge in [0, 0.05) is 16.5 Å². The molecular formula is C24H23FO6. The molecule has 162 valence electrons. The lowest BCUT2D eigenvalue weighted by atomic mass is 9.99. The maximum Gasteiger partial charge on any atom is 0.229 e. The van der Waals surface area contributed by atoms with Crippen LogP contribution in [-0.2, 0) is 4.74 Å². The summed E-state index contributed by atoms with van der Waals surface area (Å²) < 4.78 is 25.5. The smallest absolute Gasteiger partial charge is 0.229 e. The van der Waals surface area contributed by atoms with Crippen molar-refractivity contribution in [3.05, 3.63) is 77.6 Å². The van der Waals surface area contributed by atoms with Gasteiger partial charge in [0.1, 0.15) is 36.0 Å². The second-order valence-corrected chi connectivity index (χ2v) is 7.38. The first-order valence-corrected chi connectivity index (χ1v) is 9.91.